The normalized spacial score (nSPS) is 12.4. The van der Waals surface area contributed by atoms with Crippen LogP contribution < -0.4 is 4.74 Å². The summed E-state index contributed by atoms with van der Waals surface area (Å²) in [6.07, 6.45) is -0.547. The molecule has 0 fully saturated rings. The lowest BCUT2D eigenvalue weighted by atomic mass is 10.0. The van der Waals surface area contributed by atoms with Crippen LogP contribution in [0.4, 0.5) is 0 Å². The molecule has 94 valence electrons. The van der Waals surface area contributed by atoms with Crippen LogP contribution in [0, 0.1) is 0 Å². The Morgan fingerprint density at radius 1 is 1.28 bits per heavy atom. The number of fused-ring (bicyclic) bond motifs is 1. The Hall–Kier alpha value is -1.80. The SMILES string of the molecule is C=C(C)COc1c(C(C)O)ccc2ccccc12. The number of aliphatic hydroxyl groups excluding tert-OH is 1. The lowest BCUT2D eigenvalue weighted by Crippen LogP contribution is -2.03. The predicted molar refractivity (Wildman–Crippen MR) is 74.9 cm³/mol. The van der Waals surface area contributed by atoms with Gasteiger partial charge in [-0.15, -0.1) is 0 Å². The predicted octanol–water partition coefficient (Wildman–Crippen LogP) is 3.85. The Morgan fingerprint density at radius 3 is 2.67 bits per heavy atom. The van der Waals surface area contributed by atoms with Gasteiger partial charge < -0.3 is 9.84 Å². The quantitative estimate of drug-likeness (QED) is 0.825. The first kappa shape index (κ1) is 12.7. The molecule has 1 N–H and O–H groups in total. The molecule has 0 radical (unpaired) electrons. The van der Waals surface area contributed by atoms with Gasteiger partial charge in [0.05, 0.1) is 6.10 Å². The third-order valence-corrected chi connectivity index (χ3v) is 2.82. The van der Waals surface area contributed by atoms with E-state index in [1.165, 1.54) is 0 Å². The molecule has 2 heteroatoms. The molecule has 0 aliphatic heterocycles. The Balaban J connectivity index is 2.55. The van der Waals surface area contributed by atoms with E-state index >= 15 is 0 Å². The van der Waals surface area contributed by atoms with E-state index in [0.29, 0.717) is 6.61 Å². The minimum Gasteiger partial charge on any atom is -0.488 e. The van der Waals surface area contributed by atoms with Crippen molar-refractivity contribution in [3.8, 4) is 5.75 Å². The molecule has 2 rings (SSSR count). The average Bonchev–Trinajstić information content (AvgIpc) is 2.35. The van der Waals surface area contributed by atoms with Gasteiger partial charge in [-0.3, -0.25) is 0 Å². The first-order valence-electron chi connectivity index (χ1n) is 6.06. The molecule has 1 atom stereocenters. The number of benzene rings is 2. The van der Waals surface area contributed by atoms with Crippen molar-refractivity contribution in [2.45, 2.75) is 20.0 Å². The number of hydrogen-bond donors (Lipinski definition) is 1. The summed E-state index contributed by atoms with van der Waals surface area (Å²) in [5, 5.41) is 12.0. The van der Waals surface area contributed by atoms with Crippen LogP contribution in [0.1, 0.15) is 25.5 Å². The van der Waals surface area contributed by atoms with Crippen LogP contribution in [0.15, 0.2) is 48.6 Å². The van der Waals surface area contributed by atoms with E-state index in [4.69, 9.17) is 4.74 Å². The maximum Gasteiger partial charge on any atom is 0.133 e. The maximum atomic E-state index is 9.83. The summed E-state index contributed by atoms with van der Waals surface area (Å²) in [7, 11) is 0. The maximum absolute atomic E-state index is 9.83. The zero-order valence-electron chi connectivity index (χ0n) is 10.8. The van der Waals surface area contributed by atoms with Crippen LogP contribution in [0.5, 0.6) is 5.75 Å². The smallest absolute Gasteiger partial charge is 0.133 e. The van der Waals surface area contributed by atoms with Gasteiger partial charge in [0.1, 0.15) is 12.4 Å². The number of rotatable bonds is 4. The molecule has 1 unspecified atom stereocenters. The third-order valence-electron chi connectivity index (χ3n) is 2.82. The molecule has 0 amide bonds. The molecule has 18 heavy (non-hydrogen) atoms. The fraction of sp³-hybridized carbons (Fsp3) is 0.250. The first-order valence-corrected chi connectivity index (χ1v) is 6.06. The molecular weight excluding hydrogens is 224 g/mol. The standard InChI is InChI=1S/C16H18O2/c1-11(2)10-18-16-14(12(3)17)9-8-13-6-4-5-7-15(13)16/h4-9,12,17H,1,10H2,2-3H3. The first-order chi connectivity index (χ1) is 8.59. The van der Waals surface area contributed by atoms with Gasteiger partial charge in [-0.2, -0.15) is 0 Å². The second-order valence-electron chi connectivity index (χ2n) is 4.63. The summed E-state index contributed by atoms with van der Waals surface area (Å²) in [4.78, 5) is 0. The molecular formula is C16H18O2. The highest BCUT2D eigenvalue weighted by Gasteiger charge is 2.12. The molecule has 0 aliphatic rings. The largest absolute Gasteiger partial charge is 0.488 e. The van der Waals surface area contributed by atoms with Crippen LogP contribution in [-0.2, 0) is 0 Å². The van der Waals surface area contributed by atoms with E-state index in [1.54, 1.807) is 6.92 Å². The minimum atomic E-state index is -0.547. The lowest BCUT2D eigenvalue weighted by molar-refractivity contribution is 0.193. The van der Waals surface area contributed by atoms with Crippen LogP contribution in [-0.4, -0.2) is 11.7 Å². The van der Waals surface area contributed by atoms with Gasteiger partial charge in [-0.1, -0.05) is 43.0 Å². The van der Waals surface area contributed by atoms with Crippen molar-refractivity contribution < 1.29 is 9.84 Å². The van der Waals surface area contributed by atoms with Crippen LogP contribution in [0.3, 0.4) is 0 Å². The monoisotopic (exact) mass is 242 g/mol. The van der Waals surface area contributed by atoms with E-state index in [1.807, 2.05) is 43.3 Å². The van der Waals surface area contributed by atoms with Crippen molar-refractivity contribution >= 4 is 10.8 Å². The van der Waals surface area contributed by atoms with E-state index in [9.17, 15) is 5.11 Å². The number of hydrogen-bond acceptors (Lipinski definition) is 2. The number of aliphatic hydroxyl groups is 1. The third kappa shape index (κ3) is 2.54. The molecule has 0 saturated carbocycles. The second kappa shape index (κ2) is 5.23. The van der Waals surface area contributed by atoms with Gasteiger partial charge in [0.25, 0.3) is 0 Å². The molecule has 0 spiro atoms. The van der Waals surface area contributed by atoms with E-state index in [0.717, 1.165) is 27.7 Å². The molecule has 2 aromatic carbocycles. The fourth-order valence-corrected chi connectivity index (χ4v) is 1.95. The zero-order chi connectivity index (χ0) is 13.1. The van der Waals surface area contributed by atoms with Gasteiger partial charge in [-0.25, -0.2) is 0 Å². The van der Waals surface area contributed by atoms with Gasteiger partial charge in [0.15, 0.2) is 0 Å². The summed E-state index contributed by atoms with van der Waals surface area (Å²) in [6.45, 7) is 7.97. The van der Waals surface area contributed by atoms with Crippen molar-refractivity contribution in [2.24, 2.45) is 0 Å². The summed E-state index contributed by atoms with van der Waals surface area (Å²) in [5.41, 5.74) is 1.77. The van der Waals surface area contributed by atoms with Crippen molar-refractivity contribution in [3.05, 3.63) is 54.1 Å². The Labute approximate surface area is 108 Å². The molecule has 2 nitrogen and oxygen atoms in total. The van der Waals surface area contributed by atoms with Gasteiger partial charge in [0, 0.05) is 10.9 Å². The molecule has 0 aromatic heterocycles. The molecule has 0 aliphatic carbocycles. The minimum absolute atomic E-state index is 0.466. The number of ether oxygens (including phenoxy) is 1. The zero-order valence-corrected chi connectivity index (χ0v) is 10.8. The summed E-state index contributed by atoms with van der Waals surface area (Å²) < 4.78 is 5.81. The highest BCUT2D eigenvalue weighted by molar-refractivity contribution is 5.89. The van der Waals surface area contributed by atoms with Gasteiger partial charge in [0.2, 0.25) is 0 Å². The van der Waals surface area contributed by atoms with E-state index in [-0.39, 0.29) is 0 Å². The van der Waals surface area contributed by atoms with Crippen LogP contribution in [0.25, 0.3) is 10.8 Å². The summed E-state index contributed by atoms with van der Waals surface area (Å²) >= 11 is 0. The lowest BCUT2D eigenvalue weighted by Gasteiger charge is -2.16. The van der Waals surface area contributed by atoms with Crippen LogP contribution in [0.2, 0.25) is 0 Å². The highest BCUT2D eigenvalue weighted by atomic mass is 16.5. The van der Waals surface area contributed by atoms with Crippen molar-refractivity contribution in [1.29, 1.82) is 0 Å². The Morgan fingerprint density at radius 2 is 2.00 bits per heavy atom. The van der Waals surface area contributed by atoms with E-state index < -0.39 is 6.10 Å². The van der Waals surface area contributed by atoms with E-state index in [2.05, 4.69) is 6.58 Å². The van der Waals surface area contributed by atoms with Gasteiger partial charge in [-0.05, 0) is 24.8 Å². The fourth-order valence-electron chi connectivity index (χ4n) is 1.95. The van der Waals surface area contributed by atoms with Crippen molar-refractivity contribution in [1.82, 2.24) is 0 Å². The molecule has 0 heterocycles. The van der Waals surface area contributed by atoms with Crippen molar-refractivity contribution in [3.63, 3.8) is 0 Å². The highest BCUT2D eigenvalue weighted by Crippen LogP contribution is 2.33. The second-order valence-corrected chi connectivity index (χ2v) is 4.63. The summed E-state index contributed by atoms with van der Waals surface area (Å²) in [6, 6.07) is 11.9. The Bertz CT molecular complexity index is 570. The van der Waals surface area contributed by atoms with Crippen LogP contribution >= 0.6 is 0 Å². The van der Waals surface area contributed by atoms with Gasteiger partial charge >= 0.3 is 0 Å². The molecule has 2 aromatic rings. The Kier molecular flexibility index (Phi) is 3.68. The molecule has 0 saturated heterocycles. The average molecular weight is 242 g/mol. The summed E-state index contributed by atoms with van der Waals surface area (Å²) in [5.74, 6) is 0.756. The topological polar surface area (TPSA) is 29.5 Å². The van der Waals surface area contributed by atoms with Crippen molar-refractivity contribution in [2.75, 3.05) is 6.61 Å². The molecule has 0 bridgehead atoms.